The normalized spacial score (nSPS) is 10.0. The summed E-state index contributed by atoms with van der Waals surface area (Å²) in [5.74, 6) is 0. The van der Waals surface area contributed by atoms with Crippen LogP contribution in [-0.4, -0.2) is 9.97 Å². The number of pyridine rings is 2. The Morgan fingerprint density at radius 2 is 1.38 bits per heavy atom. The zero-order chi connectivity index (χ0) is 13.9. The molecule has 0 bridgehead atoms. The van der Waals surface area contributed by atoms with E-state index in [1.807, 2.05) is 50.5 Å². The topological polar surface area (TPSA) is 25.8 Å². The molecule has 0 unspecified atom stereocenters. The maximum absolute atomic E-state index is 4.43. The van der Waals surface area contributed by atoms with Crippen LogP contribution >= 0.6 is 0 Å². The standard InChI is InChI=1S/C18H15N2.Ir/c1-13-3-9-17(19-11-13)15-5-7-16(8-6-15)18-10-4-14(2)12-20-18;/h3-7,9-12H,1-2H3;/q-1;. The summed E-state index contributed by atoms with van der Waals surface area (Å²) in [5, 5.41) is 0. The number of hydrogen-bond acceptors (Lipinski definition) is 2. The predicted octanol–water partition coefficient (Wildman–Crippen LogP) is 4.23. The van der Waals surface area contributed by atoms with Crippen molar-refractivity contribution in [2.75, 3.05) is 0 Å². The maximum Gasteiger partial charge on any atom is 0.0294 e. The molecule has 0 saturated heterocycles. The smallest absolute Gasteiger partial charge is 0.0294 e. The van der Waals surface area contributed by atoms with E-state index in [0.717, 1.165) is 28.1 Å². The van der Waals surface area contributed by atoms with Crippen LogP contribution in [0.3, 0.4) is 0 Å². The van der Waals surface area contributed by atoms with Crippen LogP contribution < -0.4 is 0 Å². The summed E-state index contributed by atoms with van der Waals surface area (Å²) in [5.41, 5.74) is 6.31. The molecule has 107 valence electrons. The first-order chi connectivity index (χ1) is 9.72. The third-order valence-corrected chi connectivity index (χ3v) is 3.21. The summed E-state index contributed by atoms with van der Waals surface area (Å²) >= 11 is 0. The van der Waals surface area contributed by atoms with Crippen LogP contribution in [0.1, 0.15) is 11.1 Å². The molecule has 1 radical (unpaired) electrons. The van der Waals surface area contributed by atoms with Crippen molar-refractivity contribution < 1.29 is 20.1 Å². The monoisotopic (exact) mass is 452 g/mol. The fourth-order valence-electron chi connectivity index (χ4n) is 2.01. The number of nitrogens with zero attached hydrogens (tertiary/aromatic N) is 2. The van der Waals surface area contributed by atoms with Gasteiger partial charge in [0.15, 0.2) is 0 Å². The molecule has 2 heterocycles. The van der Waals surface area contributed by atoms with E-state index in [2.05, 4.69) is 34.2 Å². The molecule has 2 aromatic heterocycles. The van der Waals surface area contributed by atoms with Gasteiger partial charge >= 0.3 is 0 Å². The first-order valence-electron chi connectivity index (χ1n) is 6.60. The van der Waals surface area contributed by atoms with Gasteiger partial charge in [0.2, 0.25) is 0 Å². The molecule has 2 nitrogen and oxygen atoms in total. The fourth-order valence-corrected chi connectivity index (χ4v) is 2.01. The average Bonchev–Trinajstić information content (AvgIpc) is 2.49. The van der Waals surface area contributed by atoms with Gasteiger partial charge in [0.05, 0.1) is 0 Å². The summed E-state index contributed by atoms with van der Waals surface area (Å²) in [4.78, 5) is 8.84. The van der Waals surface area contributed by atoms with Crippen molar-refractivity contribution in [3.05, 3.63) is 72.1 Å². The van der Waals surface area contributed by atoms with Gasteiger partial charge in [-0.25, -0.2) is 0 Å². The van der Waals surface area contributed by atoms with Gasteiger partial charge in [0.1, 0.15) is 0 Å². The Kier molecular flexibility index (Phi) is 5.00. The minimum atomic E-state index is 0. The second kappa shape index (κ2) is 6.75. The largest absolute Gasteiger partial charge is 0.304 e. The van der Waals surface area contributed by atoms with Crippen molar-refractivity contribution >= 4 is 0 Å². The van der Waals surface area contributed by atoms with Crippen LogP contribution in [0.5, 0.6) is 0 Å². The van der Waals surface area contributed by atoms with Crippen LogP contribution in [-0.2, 0) is 20.1 Å². The van der Waals surface area contributed by atoms with Gasteiger partial charge in [0, 0.05) is 38.2 Å². The van der Waals surface area contributed by atoms with Crippen molar-refractivity contribution in [2.45, 2.75) is 13.8 Å². The Hall–Kier alpha value is -1.83. The van der Waals surface area contributed by atoms with Crippen molar-refractivity contribution in [1.29, 1.82) is 0 Å². The molecular weight excluding hydrogens is 436 g/mol. The molecule has 0 aliphatic rings. The number of aromatic nitrogens is 2. The van der Waals surface area contributed by atoms with E-state index in [1.165, 1.54) is 5.56 Å². The van der Waals surface area contributed by atoms with E-state index >= 15 is 0 Å². The number of rotatable bonds is 2. The summed E-state index contributed by atoms with van der Waals surface area (Å²) in [6, 6.07) is 17.5. The van der Waals surface area contributed by atoms with Crippen molar-refractivity contribution in [3.8, 4) is 22.5 Å². The third kappa shape index (κ3) is 3.63. The van der Waals surface area contributed by atoms with Gasteiger partial charge in [0.25, 0.3) is 0 Å². The van der Waals surface area contributed by atoms with Crippen LogP contribution in [0.2, 0.25) is 0 Å². The molecule has 1 aromatic carbocycles. The summed E-state index contributed by atoms with van der Waals surface area (Å²) in [6.07, 6.45) is 3.75. The molecule has 0 saturated carbocycles. The van der Waals surface area contributed by atoms with Gasteiger partial charge in [-0.15, -0.1) is 29.8 Å². The van der Waals surface area contributed by atoms with Crippen molar-refractivity contribution in [2.24, 2.45) is 0 Å². The molecule has 0 aliphatic heterocycles. The number of hydrogen-bond donors (Lipinski definition) is 0. The second-order valence-corrected chi connectivity index (χ2v) is 4.93. The molecule has 0 N–H and O–H groups in total. The SMILES string of the molecule is Cc1ccc(-c2[c-]cc(-c3ccc(C)cn3)cc2)nc1.[Ir]. The fraction of sp³-hybridized carbons (Fsp3) is 0.111. The first kappa shape index (κ1) is 15.6. The van der Waals surface area contributed by atoms with Gasteiger partial charge in [-0.2, -0.15) is 0 Å². The molecule has 0 amide bonds. The maximum atomic E-state index is 4.43. The van der Waals surface area contributed by atoms with Crippen LogP contribution in [0.15, 0.2) is 54.9 Å². The Bertz CT molecular complexity index is 637. The minimum Gasteiger partial charge on any atom is -0.304 e. The van der Waals surface area contributed by atoms with E-state index in [-0.39, 0.29) is 20.1 Å². The molecular formula is C18H15IrN2-. The Morgan fingerprint density at radius 1 is 0.762 bits per heavy atom. The van der Waals surface area contributed by atoms with E-state index in [4.69, 9.17) is 0 Å². The molecule has 3 aromatic rings. The Morgan fingerprint density at radius 3 is 1.86 bits per heavy atom. The second-order valence-electron chi connectivity index (χ2n) is 4.93. The van der Waals surface area contributed by atoms with E-state index in [0.29, 0.717) is 0 Å². The molecule has 21 heavy (non-hydrogen) atoms. The van der Waals surface area contributed by atoms with Crippen LogP contribution in [0, 0.1) is 19.9 Å². The van der Waals surface area contributed by atoms with Crippen molar-refractivity contribution in [3.63, 3.8) is 0 Å². The molecule has 3 rings (SSSR count). The van der Waals surface area contributed by atoms with E-state index in [9.17, 15) is 0 Å². The van der Waals surface area contributed by atoms with E-state index < -0.39 is 0 Å². The summed E-state index contributed by atoms with van der Waals surface area (Å²) < 4.78 is 0. The zero-order valence-electron chi connectivity index (χ0n) is 11.9. The van der Waals surface area contributed by atoms with Crippen LogP contribution in [0.25, 0.3) is 22.5 Å². The first-order valence-corrected chi connectivity index (χ1v) is 6.60. The predicted molar refractivity (Wildman–Crippen MR) is 81.2 cm³/mol. The zero-order valence-corrected chi connectivity index (χ0v) is 14.3. The molecule has 0 atom stereocenters. The van der Waals surface area contributed by atoms with Gasteiger partial charge in [-0.3, -0.25) is 4.98 Å². The summed E-state index contributed by atoms with van der Waals surface area (Å²) in [6.45, 7) is 4.07. The van der Waals surface area contributed by atoms with Gasteiger partial charge < -0.3 is 4.98 Å². The molecule has 0 aliphatic carbocycles. The number of benzene rings is 1. The minimum absolute atomic E-state index is 0. The van der Waals surface area contributed by atoms with Crippen LogP contribution in [0.4, 0.5) is 0 Å². The summed E-state index contributed by atoms with van der Waals surface area (Å²) in [7, 11) is 0. The molecule has 0 fully saturated rings. The molecule has 3 heteroatoms. The quantitative estimate of drug-likeness (QED) is 0.545. The third-order valence-electron chi connectivity index (χ3n) is 3.21. The van der Waals surface area contributed by atoms with E-state index in [1.54, 1.807) is 0 Å². The Labute approximate surface area is 138 Å². The van der Waals surface area contributed by atoms with Gasteiger partial charge in [-0.05, 0) is 36.7 Å². The number of aryl methyl sites for hydroxylation is 2. The van der Waals surface area contributed by atoms with Crippen molar-refractivity contribution in [1.82, 2.24) is 9.97 Å². The molecule has 0 spiro atoms. The average molecular weight is 452 g/mol. The Balaban J connectivity index is 0.00000161. The van der Waals surface area contributed by atoms with Gasteiger partial charge in [-0.1, -0.05) is 23.8 Å².